The number of halogens is 1. The van der Waals surface area contributed by atoms with Gasteiger partial charge in [0.05, 0.1) is 18.8 Å². The molecule has 0 spiro atoms. The molecule has 0 radical (unpaired) electrons. The first-order valence-corrected chi connectivity index (χ1v) is 5.98. The van der Waals surface area contributed by atoms with Gasteiger partial charge in [0.15, 0.2) is 11.6 Å². The van der Waals surface area contributed by atoms with Crippen molar-refractivity contribution in [3.63, 3.8) is 0 Å². The van der Waals surface area contributed by atoms with E-state index in [4.69, 9.17) is 19.9 Å². The summed E-state index contributed by atoms with van der Waals surface area (Å²) in [6.45, 7) is 2.71. The average Bonchev–Trinajstić information content (AvgIpc) is 2.37. The molecule has 0 atom stereocenters. The van der Waals surface area contributed by atoms with Crippen molar-refractivity contribution in [1.82, 2.24) is 0 Å². The second-order valence-corrected chi connectivity index (χ2v) is 3.79. The van der Waals surface area contributed by atoms with E-state index >= 15 is 0 Å². The molecule has 2 N–H and O–H groups in total. The Kier molecular flexibility index (Phi) is 6.08. The van der Waals surface area contributed by atoms with Crippen molar-refractivity contribution in [2.24, 2.45) is 0 Å². The van der Waals surface area contributed by atoms with Gasteiger partial charge in [-0.3, -0.25) is 0 Å². The maximum Gasteiger partial charge on any atom is 0.340 e. The summed E-state index contributed by atoms with van der Waals surface area (Å²) in [7, 11) is 1.57. The summed E-state index contributed by atoms with van der Waals surface area (Å²) in [5.74, 6) is -1.22. The van der Waals surface area contributed by atoms with Gasteiger partial charge in [-0.15, -0.1) is 0 Å². The van der Waals surface area contributed by atoms with Gasteiger partial charge < -0.3 is 19.9 Å². The summed E-state index contributed by atoms with van der Waals surface area (Å²) in [5, 5.41) is 0. The molecule has 106 valence electrons. The molecule has 0 heterocycles. The number of ether oxygens (including phenoxy) is 3. The lowest BCUT2D eigenvalue weighted by Gasteiger charge is -2.11. The molecule has 0 unspecified atom stereocenters. The lowest BCUT2D eigenvalue weighted by Crippen LogP contribution is -2.10. The lowest BCUT2D eigenvalue weighted by molar-refractivity contribution is 0.0527. The van der Waals surface area contributed by atoms with E-state index < -0.39 is 11.8 Å². The van der Waals surface area contributed by atoms with Crippen molar-refractivity contribution in [1.29, 1.82) is 0 Å². The van der Waals surface area contributed by atoms with Crippen LogP contribution in [0.4, 0.5) is 10.1 Å². The molecule has 0 amide bonds. The summed E-state index contributed by atoms with van der Waals surface area (Å²) in [6, 6.07) is 2.31. The molecule has 0 saturated heterocycles. The van der Waals surface area contributed by atoms with Crippen LogP contribution in [0.1, 0.15) is 23.7 Å². The van der Waals surface area contributed by atoms with Gasteiger partial charge in [0.1, 0.15) is 0 Å². The van der Waals surface area contributed by atoms with E-state index in [-0.39, 0.29) is 30.2 Å². The maximum absolute atomic E-state index is 13.6. The van der Waals surface area contributed by atoms with Crippen LogP contribution in [0.3, 0.4) is 0 Å². The second kappa shape index (κ2) is 7.58. The fourth-order valence-electron chi connectivity index (χ4n) is 1.45. The molecule has 1 aromatic carbocycles. The number of carbonyl (C=O) groups is 1. The third-order valence-corrected chi connectivity index (χ3v) is 2.35. The van der Waals surface area contributed by atoms with E-state index in [0.717, 1.165) is 6.07 Å². The first kappa shape index (κ1) is 15.2. The number of hydrogen-bond donors (Lipinski definition) is 1. The molecular weight excluding hydrogens is 253 g/mol. The monoisotopic (exact) mass is 271 g/mol. The molecule has 0 aliphatic rings. The van der Waals surface area contributed by atoms with E-state index in [0.29, 0.717) is 13.0 Å². The minimum atomic E-state index is -0.608. The summed E-state index contributed by atoms with van der Waals surface area (Å²) >= 11 is 0. The highest BCUT2D eigenvalue weighted by molar-refractivity contribution is 5.95. The molecule has 0 bridgehead atoms. The van der Waals surface area contributed by atoms with Gasteiger partial charge in [0, 0.05) is 31.9 Å². The highest BCUT2D eigenvalue weighted by Crippen LogP contribution is 2.25. The fraction of sp³-hybridized carbons (Fsp3) is 0.462. The molecule has 0 fully saturated rings. The molecule has 1 aromatic rings. The number of methoxy groups -OCH3 is 1. The molecule has 0 saturated carbocycles. The zero-order valence-electron chi connectivity index (χ0n) is 11.1. The van der Waals surface area contributed by atoms with Crippen LogP contribution in [0, 0.1) is 5.82 Å². The zero-order valence-corrected chi connectivity index (χ0v) is 11.1. The van der Waals surface area contributed by atoms with Gasteiger partial charge in [-0.2, -0.15) is 0 Å². The van der Waals surface area contributed by atoms with E-state index in [1.54, 1.807) is 14.0 Å². The standard InChI is InChI=1S/C13H18FNO4/c1-3-18-13(16)9-7-12(10(14)8-11(9)15)19-6-4-5-17-2/h7-8H,3-6,15H2,1-2H3. The number of benzene rings is 1. The third-order valence-electron chi connectivity index (χ3n) is 2.35. The van der Waals surface area contributed by atoms with Crippen molar-refractivity contribution in [3.8, 4) is 5.75 Å². The van der Waals surface area contributed by atoms with E-state index in [1.807, 2.05) is 0 Å². The Bertz CT molecular complexity index is 437. The molecule has 0 aliphatic heterocycles. The van der Waals surface area contributed by atoms with Gasteiger partial charge in [-0.25, -0.2) is 9.18 Å². The summed E-state index contributed by atoms with van der Waals surface area (Å²) < 4.78 is 28.5. The minimum absolute atomic E-state index is 0.0200. The summed E-state index contributed by atoms with van der Waals surface area (Å²) in [5.41, 5.74) is 5.71. The number of nitrogen functional groups attached to an aromatic ring is 1. The van der Waals surface area contributed by atoms with Crippen LogP contribution in [0.2, 0.25) is 0 Å². The highest BCUT2D eigenvalue weighted by atomic mass is 19.1. The van der Waals surface area contributed by atoms with Crippen LogP contribution in [-0.2, 0) is 9.47 Å². The maximum atomic E-state index is 13.6. The number of anilines is 1. The number of esters is 1. The average molecular weight is 271 g/mol. The first-order valence-electron chi connectivity index (χ1n) is 5.98. The van der Waals surface area contributed by atoms with Crippen molar-refractivity contribution < 1.29 is 23.4 Å². The van der Waals surface area contributed by atoms with Gasteiger partial charge in [0.2, 0.25) is 0 Å². The number of rotatable bonds is 7. The molecule has 0 aromatic heterocycles. The van der Waals surface area contributed by atoms with Crippen molar-refractivity contribution in [2.75, 3.05) is 32.7 Å². The fourth-order valence-corrected chi connectivity index (χ4v) is 1.45. The Labute approximate surface area is 111 Å². The Morgan fingerprint density at radius 3 is 2.74 bits per heavy atom. The molecule has 1 rings (SSSR count). The SMILES string of the molecule is CCOC(=O)c1cc(OCCCOC)c(F)cc1N. The van der Waals surface area contributed by atoms with Crippen molar-refractivity contribution in [2.45, 2.75) is 13.3 Å². The van der Waals surface area contributed by atoms with Crippen molar-refractivity contribution >= 4 is 11.7 Å². The normalized spacial score (nSPS) is 10.3. The van der Waals surface area contributed by atoms with Gasteiger partial charge in [-0.1, -0.05) is 0 Å². The first-order chi connectivity index (χ1) is 9.10. The number of carbonyl (C=O) groups excluding carboxylic acids is 1. The Morgan fingerprint density at radius 2 is 2.11 bits per heavy atom. The summed E-state index contributed by atoms with van der Waals surface area (Å²) in [6.07, 6.45) is 0.620. The van der Waals surface area contributed by atoms with E-state index in [2.05, 4.69) is 0 Å². The highest BCUT2D eigenvalue weighted by Gasteiger charge is 2.16. The molecule has 19 heavy (non-hydrogen) atoms. The largest absolute Gasteiger partial charge is 0.490 e. The molecule has 6 heteroatoms. The van der Waals surface area contributed by atoms with Crippen molar-refractivity contribution in [3.05, 3.63) is 23.5 Å². The topological polar surface area (TPSA) is 70.8 Å². The summed E-state index contributed by atoms with van der Waals surface area (Å²) in [4.78, 5) is 11.6. The quantitative estimate of drug-likeness (QED) is 0.466. The zero-order chi connectivity index (χ0) is 14.3. The molecular formula is C13H18FNO4. The predicted molar refractivity (Wildman–Crippen MR) is 68.8 cm³/mol. The lowest BCUT2D eigenvalue weighted by atomic mass is 10.1. The predicted octanol–water partition coefficient (Wildman–Crippen LogP) is 2.00. The van der Waals surface area contributed by atoms with Gasteiger partial charge in [-0.05, 0) is 13.0 Å². The second-order valence-electron chi connectivity index (χ2n) is 3.79. The number of hydrogen-bond acceptors (Lipinski definition) is 5. The molecule has 5 nitrogen and oxygen atoms in total. The van der Waals surface area contributed by atoms with Crippen LogP contribution in [0.15, 0.2) is 12.1 Å². The molecule has 0 aliphatic carbocycles. The minimum Gasteiger partial charge on any atom is -0.490 e. The van der Waals surface area contributed by atoms with Crippen LogP contribution < -0.4 is 10.5 Å². The van der Waals surface area contributed by atoms with Crippen LogP contribution >= 0.6 is 0 Å². The van der Waals surface area contributed by atoms with Gasteiger partial charge >= 0.3 is 5.97 Å². The number of nitrogens with two attached hydrogens (primary N) is 1. The van der Waals surface area contributed by atoms with Crippen LogP contribution in [0.5, 0.6) is 5.75 Å². The smallest absolute Gasteiger partial charge is 0.340 e. The van der Waals surface area contributed by atoms with E-state index in [1.165, 1.54) is 6.07 Å². The van der Waals surface area contributed by atoms with Crippen LogP contribution in [-0.4, -0.2) is 32.9 Å². The Hall–Kier alpha value is -1.82. The Morgan fingerprint density at radius 1 is 1.37 bits per heavy atom. The third kappa shape index (κ3) is 4.40. The van der Waals surface area contributed by atoms with Crippen LogP contribution in [0.25, 0.3) is 0 Å². The van der Waals surface area contributed by atoms with E-state index in [9.17, 15) is 9.18 Å². The Balaban J connectivity index is 2.81. The van der Waals surface area contributed by atoms with Gasteiger partial charge in [0.25, 0.3) is 0 Å².